The van der Waals surface area contributed by atoms with E-state index in [4.69, 9.17) is 0 Å². The maximum absolute atomic E-state index is 13.0. The second-order valence-electron chi connectivity index (χ2n) is 6.64. The molecule has 0 amide bonds. The van der Waals surface area contributed by atoms with Gasteiger partial charge in [-0.25, -0.2) is 4.39 Å². The van der Waals surface area contributed by atoms with Gasteiger partial charge >= 0.3 is 0 Å². The van der Waals surface area contributed by atoms with Crippen molar-refractivity contribution >= 4 is 5.69 Å². The zero-order chi connectivity index (χ0) is 16.8. The molecule has 124 valence electrons. The monoisotopic (exact) mass is 313 g/mol. The molecule has 0 radical (unpaired) electrons. The molecule has 1 nitrogen and oxygen atoms in total. The summed E-state index contributed by atoms with van der Waals surface area (Å²) < 4.78 is 13.0. The molecule has 0 aromatic heterocycles. The minimum absolute atomic E-state index is 0.193. The van der Waals surface area contributed by atoms with E-state index in [1.54, 1.807) is 0 Å². The molecule has 1 fully saturated rings. The summed E-state index contributed by atoms with van der Waals surface area (Å²) in [5, 5.41) is 0. The first-order valence-corrected chi connectivity index (χ1v) is 8.61. The quantitative estimate of drug-likeness (QED) is 0.637. The molecule has 2 aliphatic rings. The van der Waals surface area contributed by atoms with Crippen LogP contribution in [0.25, 0.3) is 0 Å². The summed E-state index contributed by atoms with van der Waals surface area (Å²) in [6, 6.07) is 7.07. The van der Waals surface area contributed by atoms with Gasteiger partial charge in [-0.2, -0.15) is 0 Å². The van der Waals surface area contributed by atoms with Crippen molar-refractivity contribution in [3.05, 3.63) is 66.2 Å². The summed E-state index contributed by atoms with van der Waals surface area (Å²) in [7, 11) is 0. The smallest absolute Gasteiger partial charge is 0.123 e. The minimum atomic E-state index is -0.193. The van der Waals surface area contributed by atoms with E-state index in [1.807, 2.05) is 12.1 Å². The predicted octanol–water partition coefficient (Wildman–Crippen LogP) is 6.25. The van der Waals surface area contributed by atoms with Crippen molar-refractivity contribution in [3.63, 3.8) is 0 Å². The number of nitrogens with zero attached hydrogens (tertiary/aromatic N) is 1. The molecule has 0 spiro atoms. The summed E-state index contributed by atoms with van der Waals surface area (Å²) in [5.41, 5.74) is 3.60. The molecule has 23 heavy (non-hydrogen) atoms. The van der Waals surface area contributed by atoms with Crippen LogP contribution < -0.4 is 4.90 Å². The number of benzene rings is 1. The lowest BCUT2D eigenvalue weighted by atomic mass is 9.86. The Labute approximate surface area is 140 Å². The molecule has 3 rings (SSSR count). The lowest BCUT2D eigenvalue weighted by Crippen LogP contribution is -2.46. The Hall–Kier alpha value is -1.83. The van der Waals surface area contributed by atoms with Gasteiger partial charge in [-0.05, 0) is 48.6 Å². The highest BCUT2D eigenvalue weighted by molar-refractivity contribution is 5.60. The molecule has 0 saturated carbocycles. The van der Waals surface area contributed by atoms with Gasteiger partial charge in [0.25, 0.3) is 0 Å². The standard InChI is InChI=1S/C16H16FN.C5H12/c1-12-11-16(13-5-3-2-4-6-13)18(12)15-9-7-14(17)8-10-15;1-4-5(2)3/h2-3,5,7-10,16H,1,4,6,11H2;5H,4H2,1-3H3. The Morgan fingerprint density at radius 1 is 1.26 bits per heavy atom. The van der Waals surface area contributed by atoms with Crippen molar-refractivity contribution in [2.75, 3.05) is 4.90 Å². The molecule has 0 bridgehead atoms. The largest absolute Gasteiger partial charge is 0.338 e. The maximum atomic E-state index is 13.0. The Balaban J connectivity index is 0.000000338. The molecule has 0 N–H and O–H groups in total. The zero-order valence-electron chi connectivity index (χ0n) is 14.6. The molecular weight excluding hydrogens is 285 g/mol. The highest BCUT2D eigenvalue weighted by atomic mass is 19.1. The summed E-state index contributed by atoms with van der Waals surface area (Å²) in [5.74, 6) is 0.691. The lowest BCUT2D eigenvalue weighted by Gasteiger charge is -2.46. The van der Waals surface area contributed by atoms with E-state index in [2.05, 4.69) is 50.5 Å². The number of allylic oxidation sites excluding steroid dienone is 3. The van der Waals surface area contributed by atoms with Crippen LogP contribution in [0.1, 0.15) is 46.5 Å². The van der Waals surface area contributed by atoms with Crippen molar-refractivity contribution in [2.45, 2.75) is 52.5 Å². The second kappa shape index (κ2) is 8.14. The third-order valence-corrected chi connectivity index (χ3v) is 4.48. The Morgan fingerprint density at radius 2 is 1.91 bits per heavy atom. The van der Waals surface area contributed by atoms with Crippen molar-refractivity contribution in [2.24, 2.45) is 5.92 Å². The van der Waals surface area contributed by atoms with Crippen molar-refractivity contribution in [1.29, 1.82) is 0 Å². The van der Waals surface area contributed by atoms with Crippen molar-refractivity contribution in [1.82, 2.24) is 0 Å². The molecule has 1 saturated heterocycles. The molecule has 1 aromatic rings. The predicted molar refractivity (Wildman–Crippen MR) is 98.0 cm³/mol. The summed E-state index contributed by atoms with van der Waals surface area (Å²) in [6.45, 7) is 10.7. The first-order valence-electron chi connectivity index (χ1n) is 8.61. The average Bonchev–Trinajstić information content (AvgIpc) is 2.56. The number of halogens is 1. The molecule has 1 unspecified atom stereocenters. The van der Waals surface area contributed by atoms with Gasteiger partial charge in [-0.3, -0.25) is 0 Å². The third kappa shape index (κ3) is 4.57. The fraction of sp³-hybridized carbons (Fsp3) is 0.429. The molecule has 1 aliphatic heterocycles. The molecule has 1 atom stereocenters. The van der Waals surface area contributed by atoms with Crippen LogP contribution in [0.5, 0.6) is 0 Å². The van der Waals surface area contributed by atoms with Crippen LogP contribution in [0.15, 0.2) is 60.3 Å². The van der Waals surface area contributed by atoms with Crippen LogP contribution in [0.4, 0.5) is 10.1 Å². The normalized spacial score (nSPS) is 19.9. The fourth-order valence-electron chi connectivity index (χ4n) is 2.68. The van der Waals surface area contributed by atoms with E-state index in [-0.39, 0.29) is 5.82 Å². The van der Waals surface area contributed by atoms with Crippen LogP contribution in [0.2, 0.25) is 0 Å². The maximum Gasteiger partial charge on any atom is 0.123 e. The fourth-order valence-corrected chi connectivity index (χ4v) is 2.68. The number of hydrogen-bond acceptors (Lipinski definition) is 1. The number of hydrogen-bond donors (Lipinski definition) is 0. The van der Waals surface area contributed by atoms with E-state index in [1.165, 1.54) is 24.1 Å². The van der Waals surface area contributed by atoms with Gasteiger partial charge in [0.1, 0.15) is 5.82 Å². The second-order valence-corrected chi connectivity index (χ2v) is 6.64. The van der Waals surface area contributed by atoms with Crippen LogP contribution in [0.3, 0.4) is 0 Å². The van der Waals surface area contributed by atoms with Gasteiger partial charge in [0.2, 0.25) is 0 Å². The Kier molecular flexibility index (Phi) is 6.20. The topological polar surface area (TPSA) is 3.24 Å². The van der Waals surface area contributed by atoms with Gasteiger partial charge < -0.3 is 4.90 Å². The molecule has 1 aromatic carbocycles. The first-order chi connectivity index (χ1) is 11.0. The number of rotatable bonds is 3. The van der Waals surface area contributed by atoms with Crippen LogP contribution in [-0.2, 0) is 0 Å². The number of anilines is 1. The zero-order valence-corrected chi connectivity index (χ0v) is 14.6. The van der Waals surface area contributed by atoms with Gasteiger partial charge in [-0.1, -0.05) is 52.0 Å². The van der Waals surface area contributed by atoms with E-state index < -0.39 is 0 Å². The summed E-state index contributed by atoms with van der Waals surface area (Å²) in [6.07, 6.45) is 11.1. The van der Waals surface area contributed by atoms with Crippen molar-refractivity contribution in [3.8, 4) is 0 Å². The van der Waals surface area contributed by atoms with E-state index in [9.17, 15) is 4.39 Å². The van der Waals surface area contributed by atoms with Gasteiger partial charge in [0.15, 0.2) is 0 Å². The minimum Gasteiger partial charge on any atom is -0.338 e. The molecule has 1 heterocycles. The van der Waals surface area contributed by atoms with Crippen LogP contribution in [-0.4, -0.2) is 6.04 Å². The SMILES string of the molecule is C=C1CC(C2=CC=CCC2)N1c1ccc(F)cc1.CCC(C)C. The average molecular weight is 313 g/mol. The third-order valence-electron chi connectivity index (χ3n) is 4.48. The Bertz CT molecular complexity index is 580. The first kappa shape index (κ1) is 17.5. The van der Waals surface area contributed by atoms with Crippen LogP contribution in [0, 0.1) is 11.7 Å². The Morgan fingerprint density at radius 3 is 2.39 bits per heavy atom. The highest BCUT2D eigenvalue weighted by Crippen LogP contribution is 2.39. The van der Waals surface area contributed by atoms with Crippen molar-refractivity contribution < 1.29 is 4.39 Å². The van der Waals surface area contributed by atoms with E-state index >= 15 is 0 Å². The summed E-state index contributed by atoms with van der Waals surface area (Å²) >= 11 is 0. The van der Waals surface area contributed by atoms with Gasteiger partial charge in [0, 0.05) is 17.8 Å². The van der Waals surface area contributed by atoms with E-state index in [0.29, 0.717) is 6.04 Å². The molecule has 1 aliphatic carbocycles. The lowest BCUT2D eigenvalue weighted by molar-refractivity contribution is 0.565. The van der Waals surface area contributed by atoms with E-state index in [0.717, 1.165) is 36.6 Å². The molecule has 2 heteroatoms. The summed E-state index contributed by atoms with van der Waals surface area (Å²) in [4.78, 5) is 2.21. The highest BCUT2D eigenvalue weighted by Gasteiger charge is 2.34. The van der Waals surface area contributed by atoms with Gasteiger partial charge in [0.05, 0.1) is 6.04 Å². The van der Waals surface area contributed by atoms with Gasteiger partial charge in [-0.15, -0.1) is 0 Å². The van der Waals surface area contributed by atoms with Crippen LogP contribution >= 0.6 is 0 Å². The molecular formula is C21H28FN.